The standard InChI is InChI=1S/C18H32O2/c1-14(2)9-7-10-15(3)11-8-12-18(6)19-16(4)13-17(5)20-18/h9,11,16-17H,7-8,10,12-13H2,1-6H3. The average Bonchev–Trinajstić information content (AvgIpc) is 2.25. The monoisotopic (exact) mass is 280 g/mol. The van der Waals surface area contributed by atoms with Gasteiger partial charge in [-0.15, -0.1) is 0 Å². The maximum absolute atomic E-state index is 5.98. The van der Waals surface area contributed by atoms with Gasteiger partial charge in [0.2, 0.25) is 0 Å². The fourth-order valence-electron chi connectivity index (χ4n) is 2.83. The van der Waals surface area contributed by atoms with Crippen molar-refractivity contribution in [3.05, 3.63) is 23.3 Å². The molecule has 2 atom stereocenters. The van der Waals surface area contributed by atoms with Gasteiger partial charge in [-0.05, 0) is 67.2 Å². The summed E-state index contributed by atoms with van der Waals surface area (Å²) in [5, 5.41) is 0. The second-order valence-electron chi connectivity index (χ2n) is 6.64. The first-order valence-corrected chi connectivity index (χ1v) is 7.95. The van der Waals surface area contributed by atoms with Crippen molar-refractivity contribution in [1.29, 1.82) is 0 Å². The van der Waals surface area contributed by atoms with E-state index in [9.17, 15) is 0 Å². The third-order valence-electron chi connectivity index (χ3n) is 3.75. The van der Waals surface area contributed by atoms with Gasteiger partial charge < -0.3 is 9.47 Å². The number of ether oxygens (including phenoxy) is 2. The minimum absolute atomic E-state index is 0.298. The van der Waals surface area contributed by atoms with Crippen molar-refractivity contribution in [2.45, 2.75) is 91.6 Å². The molecule has 0 amide bonds. The molecule has 0 saturated carbocycles. The number of hydrogen-bond acceptors (Lipinski definition) is 2. The van der Waals surface area contributed by atoms with E-state index in [0.29, 0.717) is 12.2 Å². The summed E-state index contributed by atoms with van der Waals surface area (Å²) in [4.78, 5) is 0. The molecule has 2 unspecified atom stereocenters. The Labute approximate surface area is 125 Å². The highest BCUT2D eigenvalue weighted by molar-refractivity contribution is 5.02. The van der Waals surface area contributed by atoms with Crippen LogP contribution >= 0.6 is 0 Å². The van der Waals surface area contributed by atoms with Crippen LogP contribution in [-0.2, 0) is 9.47 Å². The van der Waals surface area contributed by atoms with Crippen LogP contribution in [0.3, 0.4) is 0 Å². The summed E-state index contributed by atoms with van der Waals surface area (Å²) in [7, 11) is 0. The lowest BCUT2D eigenvalue weighted by Crippen LogP contribution is -2.44. The van der Waals surface area contributed by atoms with E-state index in [1.54, 1.807) is 0 Å². The van der Waals surface area contributed by atoms with Crippen molar-refractivity contribution in [2.75, 3.05) is 0 Å². The Morgan fingerprint density at radius 2 is 1.65 bits per heavy atom. The number of rotatable bonds is 6. The van der Waals surface area contributed by atoms with E-state index in [1.807, 2.05) is 0 Å². The molecule has 1 rings (SSSR count). The van der Waals surface area contributed by atoms with Gasteiger partial charge in [-0.3, -0.25) is 0 Å². The molecule has 0 radical (unpaired) electrons. The Bertz CT molecular complexity index is 340. The third kappa shape index (κ3) is 6.71. The van der Waals surface area contributed by atoms with Crippen LogP contribution in [0.2, 0.25) is 0 Å². The first kappa shape index (κ1) is 17.5. The zero-order valence-corrected chi connectivity index (χ0v) is 14.2. The second kappa shape index (κ2) is 7.99. The molecule has 0 spiro atoms. The van der Waals surface area contributed by atoms with Crippen LogP contribution in [0.5, 0.6) is 0 Å². The van der Waals surface area contributed by atoms with E-state index in [4.69, 9.17) is 9.47 Å². The maximum atomic E-state index is 5.98. The van der Waals surface area contributed by atoms with E-state index in [1.165, 1.54) is 11.1 Å². The van der Waals surface area contributed by atoms with Gasteiger partial charge in [0.1, 0.15) is 0 Å². The summed E-state index contributed by atoms with van der Waals surface area (Å²) in [6, 6.07) is 0. The largest absolute Gasteiger partial charge is 0.347 e. The minimum Gasteiger partial charge on any atom is -0.347 e. The molecule has 0 aliphatic carbocycles. The van der Waals surface area contributed by atoms with Gasteiger partial charge in [-0.25, -0.2) is 0 Å². The summed E-state index contributed by atoms with van der Waals surface area (Å²) >= 11 is 0. The smallest absolute Gasteiger partial charge is 0.166 e. The van der Waals surface area contributed by atoms with E-state index in [0.717, 1.165) is 32.1 Å². The molecule has 1 aliphatic rings. The van der Waals surface area contributed by atoms with Gasteiger partial charge in [-0.2, -0.15) is 0 Å². The molecular formula is C18H32O2. The van der Waals surface area contributed by atoms with Crippen molar-refractivity contribution >= 4 is 0 Å². The van der Waals surface area contributed by atoms with Gasteiger partial charge in [0, 0.05) is 6.42 Å². The van der Waals surface area contributed by atoms with Crippen molar-refractivity contribution in [3.63, 3.8) is 0 Å². The van der Waals surface area contributed by atoms with Crippen molar-refractivity contribution in [1.82, 2.24) is 0 Å². The highest BCUT2D eigenvalue weighted by Gasteiger charge is 2.34. The lowest BCUT2D eigenvalue weighted by atomic mass is 10.0. The molecule has 0 aromatic carbocycles. The summed E-state index contributed by atoms with van der Waals surface area (Å²) in [6.45, 7) is 12.9. The van der Waals surface area contributed by atoms with E-state index in [-0.39, 0.29) is 0 Å². The lowest BCUT2D eigenvalue weighted by Gasteiger charge is -2.40. The van der Waals surface area contributed by atoms with Gasteiger partial charge in [-0.1, -0.05) is 23.3 Å². The SMILES string of the molecule is CC(C)=CCCC(C)=CCCC1(C)OC(C)CC(C)O1. The Kier molecular flexibility index (Phi) is 6.97. The summed E-state index contributed by atoms with van der Waals surface area (Å²) in [6.07, 6.45) is 10.5. The first-order chi connectivity index (χ1) is 9.31. The van der Waals surface area contributed by atoms with Crippen molar-refractivity contribution in [3.8, 4) is 0 Å². The molecule has 116 valence electrons. The Morgan fingerprint density at radius 1 is 1.05 bits per heavy atom. The molecule has 0 aromatic rings. The Hall–Kier alpha value is -0.600. The van der Waals surface area contributed by atoms with Crippen LogP contribution < -0.4 is 0 Å². The topological polar surface area (TPSA) is 18.5 Å². The van der Waals surface area contributed by atoms with Gasteiger partial charge in [0.15, 0.2) is 5.79 Å². The number of hydrogen-bond donors (Lipinski definition) is 0. The van der Waals surface area contributed by atoms with Gasteiger partial charge >= 0.3 is 0 Å². The molecular weight excluding hydrogens is 248 g/mol. The zero-order valence-electron chi connectivity index (χ0n) is 14.2. The highest BCUT2D eigenvalue weighted by Crippen LogP contribution is 2.30. The molecule has 20 heavy (non-hydrogen) atoms. The fraction of sp³-hybridized carbons (Fsp3) is 0.778. The van der Waals surface area contributed by atoms with Crippen molar-refractivity contribution < 1.29 is 9.47 Å². The van der Waals surface area contributed by atoms with E-state index in [2.05, 4.69) is 53.7 Å². The molecule has 2 heteroatoms. The fourth-order valence-corrected chi connectivity index (χ4v) is 2.83. The molecule has 0 aromatic heterocycles. The molecule has 1 saturated heterocycles. The molecule has 0 bridgehead atoms. The van der Waals surface area contributed by atoms with Crippen LogP contribution in [0.25, 0.3) is 0 Å². The highest BCUT2D eigenvalue weighted by atomic mass is 16.7. The van der Waals surface area contributed by atoms with Crippen LogP contribution in [0, 0.1) is 0 Å². The summed E-state index contributed by atoms with van der Waals surface area (Å²) in [5.41, 5.74) is 2.86. The Morgan fingerprint density at radius 3 is 2.20 bits per heavy atom. The normalized spacial score (nSPS) is 31.2. The minimum atomic E-state index is -0.409. The van der Waals surface area contributed by atoms with Crippen molar-refractivity contribution in [2.24, 2.45) is 0 Å². The molecule has 1 fully saturated rings. The quantitative estimate of drug-likeness (QED) is 0.607. The average molecular weight is 280 g/mol. The number of allylic oxidation sites excluding steroid dienone is 4. The van der Waals surface area contributed by atoms with Crippen LogP contribution in [0.4, 0.5) is 0 Å². The predicted molar refractivity (Wildman–Crippen MR) is 85.8 cm³/mol. The second-order valence-corrected chi connectivity index (χ2v) is 6.64. The third-order valence-corrected chi connectivity index (χ3v) is 3.75. The molecule has 0 N–H and O–H groups in total. The van der Waals surface area contributed by atoms with Crippen LogP contribution in [0.15, 0.2) is 23.3 Å². The molecule has 2 nitrogen and oxygen atoms in total. The molecule has 1 heterocycles. The van der Waals surface area contributed by atoms with E-state index >= 15 is 0 Å². The van der Waals surface area contributed by atoms with Gasteiger partial charge in [0.05, 0.1) is 12.2 Å². The maximum Gasteiger partial charge on any atom is 0.166 e. The lowest BCUT2D eigenvalue weighted by molar-refractivity contribution is -0.304. The predicted octanol–water partition coefficient (Wildman–Crippen LogP) is 5.39. The summed E-state index contributed by atoms with van der Waals surface area (Å²) < 4.78 is 12.0. The Balaban J connectivity index is 2.36. The van der Waals surface area contributed by atoms with E-state index < -0.39 is 5.79 Å². The first-order valence-electron chi connectivity index (χ1n) is 7.95. The zero-order chi connectivity index (χ0) is 15.2. The van der Waals surface area contributed by atoms with Crippen LogP contribution in [0.1, 0.15) is 73.6 Å². The van der Waals surface area contributed by atoms with Crippen LogP contribution in [-0.4, -0.2) is 18.0 Å². The van der Waals surface area contributed by atoms with Gasteiger partial charge in [0.25, 0.3) is 0 Å². The summed E-state index contributed by atoms with van der Waals surface area (Å²) in [5.74, 6) is -0.409. The molecule has 1 aliphatic heterocycles.